The molecule has 0 bridgehead atoms. The fourth-order valence-electron chi connectivity index (χ4n) is 3.30. The summed E-state index contributed by atoms with van der Waals surface area (Å²) < 4.78 is 0. The molecular formula is C13H25NO. The van der Waals surface area contributed by atoms with Gasteiger partial charge in [0.2, 0.25) is 0 Å². The summed E-state index contributed by atoms with van der Waals surface area (Å²) >= 11 is 0. The molecule has 0 spiro atoms. The lowest BCUT2D eigenvalue weighted by atomic mass is 9.69. The highest BCUT2D eigenvalue weighted by Gasteiger charge is 2.40. The Labute approximate surface area is 93.8 Å². The van der Waals surface area contributed by atoms with Gasteiger partial charge in [-0.2, -0.15) is 0 Å². The molecule has 0 aromatic heterocycles. The maximum atomic E-state index is 10.7. The third kappa shape index (κ3) is 3.60. The summed E-state index contributed by atoms with van der Waals surface area (Å²) in [6.07, 6.45) is 4.48. The summed E-state index contributed by atoms with van der Waals surface area (Å²) in [5, 5.41) is 3.71. The summed E-state index contributed by atoms with van der Waals surface area (Å²) in [4.78, 5) is 10.7. The minimum Gasteiger partial charge on any atom is -0.307 e. The van der Waals surface area contributed by atoms with E-state index >= 15 is 0 Å². The highest BCUT2D eigenvalue weighted by atomic mass is 16.1. The van der Waals surface area contributed by atoms with Gasteiger partial charge in [0.1, 0.15) is 6.29 Å². The second-order valence-corrected chi connectivity index (χ2v) is 6.40. The molecule has 2 nitrogen and oxygen atoms in total. The third-order valence-electron chi connectivity index (χ3n) is 3.30. The van der Waals surface area contributed by atoms with Crippen molar-refractivity contribution >= 4 is 6.29 Å². The number of hydrogen-bond donors (Lipinski definition) is 1. The van der Waals surface area contributed by atoms with Gasteiger partial charge in [-0.05, 0) is 46.0 Å². The first kappa shape index (κ1) is 12.7. The van der Waals surface area contributed by atoms with E-state index < -0.39 is 0 Å². The number of nitrogens with one attached hydrogen (secondary N) is 1. The van der Waals surface area contributed by atoms with Crippen LogP contribution in [-0.4, -0.2) is 17.4 Å². The van der Waals surface area contributed by atoms with E-state index in [1.54, 1.807) is 0 Å². The number of carbonyl (C=O) groups excluding carboxylic acids is 1. The van der Waals surface area contributed by atoms with Gasteiger partial charge < -0.3 is 10.1 Å². The Balaban J connectivity index is 2.45. The van der Waals surface area contributed by atoms with Crippen LogP contribution in [0.5, 0.6) is 0 Å². The molecule has 1 N–H and O–H groups in total. The van der Waals surface area contributed by atoms with Gasteiger partial charge in [0.25, 0.3) is 0 Å². The van der Waals surface area contributed by atoms with Crippen LogP contribution in [0.25, 0.3) is 0 Å². The van der Waals surface area contributed by atoms with Crippen molar-refractivity contribution in [3.8, 4) is 0 Å². The lowest BCUT2D eigenvalue weighted by molar-refractivity contribution is -0.111. The van der Waals surface area contributed by atoms with Crippen LogP contribution >= 0.6 is 0 Å². The van der Waals surface area contributed by atoms with Crippen molar-refractivity contribution < 1.29 is 4.79 Å². The monoisotopic (exact) mass is 211 g/mol. The Hall–Kier alpha value is -0.370. The molecule has 0 aromatic rings. The standard InChI is InChI=1S/C13H25NO/c1-10-7-13(5,8-10)14-12(3,4)6-11(2)9-15/h9-11,14H,6-8H2,1-5H3. The van der Waals surface area contributed by atoms with Crippen LogP contribution in [0.4, 0.5) is 0 Å². The van der Waals surface area contributed by atoms with Crippen LogP contribution in [0, 0.1) is 11.8 Å². The molecule has 0 amide bonds. The largest absolute Gasteiger partial charge is 0.307 e. The molecular weight excluding hydrogens is 186 g/mol. The second-order valence-electron chi connectivity index (χ2n) is 6.40. The summed E-state index contributed by atoms with van der Waals surface area (Å²) in [7, 11) is 0. The zero-order chi connectivity index (χ0) is 11.7. The summed E-state index contributed by atoms with van der Waals surface area (Å²) in [5.74, 6) is 0.996. The van der Waals surface area contributed by atoms with E-state index in [-0.39, 0.29) is 11.5 Å². The Kier molecular flexibility index (Phi) is 3.59. The molecule has 1 rings (SSSR count). The van der Waals surface area contributed by atoms with E-state index in [1.165, 1.54) is 12.8 Å². The van der Waals surface area contributed by atoms with Crippen molar-refractivity contribution in [3.63, 3.8) is 0 Å². The predicted molar refractivity (Wildman–Crippen MR) is 63.9 cm³/mol. The van der Waals surface area contributed by atoms with Crippen molar-refractivity contribution in [2.45, 2.75) is 65.0 Å². The van der Waals surface area contributed by atoms with E-state index in [9.17, 15) is 4.79 Å². The molecule has 0 aliphatic heterocycles. The Morgan fingerprint density at radius 3 is 2.47 bits per heavy atom. The molecule has 1 unspecified atom stereocenters. The molecule has 1 aliphatic carbocycles. The molecule has 1 atom stereocenters. The van der Waals surface area contributed by atoms with Crippen molar-refractivity contribution in [2.75, 3.05) is 0 Å². The van der Waals surface area contributed by atoms with Crippen molar-refractivity contribution in [1.82, 2.24) is 5.32 Å². The first-order chi connectivity index (χ1) is 6.76. The van der Waals surface area contributed by atoms with Crippen LogP contribution < -0.4 is 5.32 Å². The first-order valence-electron chi connectivity index (χ1n) is 6.01. The molecule has 0 radical (unpaired) electrons. The fraction of sp³-hybridized carbons (Fsp3) is 0.923. The van der Waals surface area contributed by atoms with Crippen LogP contribution in [0.3, 0.4) is 0 Å². The van der Waals surface area contributed by atoms with Gasteiger partial charge >= 0.3 is 0 Å². The van der Waals surface area contributed by atoms with E-state index in [2.05, 4.69) is 33.0 Å². The maximum Gasteiger partial charge on any atom is 0.122 e. The lowest BCUT2D eigenvalue weighted by Gasteiger charge is -2.49. The van der Waals surface area contributed by atoms with Crippen molar-refractivity contribution in [2.24, 2.45) is 11.8 Å². The van der Waals surface area contributed by atoms with Crippen LogP contribution in [0.15, 0.2) is 0 Å². The second kappa shape index (κ2) is 4.25. The lowest BCUT2D eigenvalue weighted by Crippen LogP contribution is -2.60. The molecule has 2 heteroatoms. The van der Waals surface area contributed by atoms with Gasteiger partial charge in [0.05, 0.1) is 0 Å². The SMILES string of the molecule is CC(C=O)CC(C)(C)NC1(C)CC(C)C1. The number of aldehydes is 1. The molecule has 1 fully saturated rings. The molecule has 0 heterocycles. The first-order valence-corrected chi connectivity index (χ1v) is 6.01. The summed E-state index contributed by atoms with van der Waals surface area (Å²) in [5.41, 5.74) is 0.362. The zero-order valence-corrected chi connectivity index (χ0v) is 10.8. The highest BCUT2D eigenvalue weighted by molar-refractivity contribution is 5.52. The van der Waals surface area contributed by atoms with E-state index in [4.69, 9.17) is 0 Å². The minimum absolute atomic E-state index is 0.0647. The molecule has 1 aliphatic rings. The topological polar surface area (TPSA) is 29.1 Å². The Bertz CT molecular complexity index is 229. The number of carbonyl (C=O) groups is 1. The third-order valence-corrected chi connectivity index (χ3v) is 3.30. The smallest absolute Gasteiger partial charge is 0.122 e. The van der Waals surface area contributed by atoms with Gasteiger partial charge in [0, 0.05) is 17.0 Å². The van der Waals surface area contributed by atoms with Gasteiger partial charge in [-0.15, -0.1) is 0 Å². The van der Waals surface area contributed by atoms with Crippen LogP contribution in [0.1, 0.15) is 53.9 Å². The Morgan fingerprint density at radius 1 is 1.53 bits per heavy atom. The van der Waals surface area contributed by atoms with Crippen molar-refractivity contribution in [1.29, 1.82) is 0 Å². The fourth-order valence-corrected chi connectivity index (χ4v) is 3.30. The van der Waals surface area contributed by atoms with E-state index in [1.807, 2.05) is 6.92 Å². The zero-order valence-electron chi connectivity index (χ0n) is 10.8. The van der Waals surface area contributed by atoms with E-state index in [0.29, 0.717) is 5.54 Å². The van der Waals surface area contributed by atoms with Gasteiger partial charge in [-0.1, -0.05) is 13.8 Å². The minimum atomic E-state index is 0.0647. The average molecular weight is 211 g/mol. The number of rotatable bonds is 5. The van der Waals surface area contributed by atoms with Gasteiger partial charge in [-0.3, -0.25) is 0 Å². The summed E-state index contributed by atoms with van der Waals surface area (Å²) in [6, 6.07) is 0. The van der Waals surface area contributed by atoms with Crippen molar-refractivity contribution in [3.05, 3.63) is 0 Å². The normalized spacial score (nSPS) is 33.3. The van der Waals surface area contributed by atoms with Crippen LogP contribution in [0.2, 0.25) is 0 Å². The number of hydrogen-bond acceptors (Lipinski definition) is 2. The van der Waals surface area contributed by atoms with Gasteiger partial charge in [0.15, 0.2) is 0 Å². The highest BCUT2D eigenvalue weighted by Crippen LogP contribution is 2.38. The average Bonchev–Trinajstić information content (AvgIpc) is 1.99. The quantitative estimate of drug-likeness (QED) is 0.708. The molecule has 1 saturated carbocycles. The van der Waals surface area contributed by atoms with Gasteiger partial charge in [-0.25, -0.2) is 0 Å². The van der Waals surface area contributed by atoms with Crippen LogP contribution in [-0.2, 0) is 4.79 Å². The molecule has 0 saturated heterocycles. The molecule has 0 aromatic carbocycles. The Morgan fingerprint density at radius 2 is 2.07 bits per heavy atom. The van der Waals surface area contributed by atoms with E-state index in [0.717, 1.165) is 18.6 Å². The predicted octanol–water partition coefficient (Wildman–Crippen LogP) is 2.77. The molecule has 88 valence electrons. The molecule has 15 heavy (non-hydrogen) atoms. The summed E-state index contributed by atoms with van der Waals surface area (Å²) in [6.45, 7) is 11.0. The maximum absolute atomic E-state index is 10.7.